The van der Waals surface area contributed by atoms with Gasteiger partial charge in [-0.3, -0.25) is 4.79 Å². The third-order valence-electron chi connectivity index (χ3n) is 5.15. The van der Waals surface area contributed by atoms with E-state index in [1.54, 1.807) is 36.4 Å². The molecule has 3 aromatic rings. The number of amides is 1. The highest BCUT2D eigenvalue weighted by Crippen LogP contribution is 2.23. The summed E-state index contributed by atoms with van der Waals surface area (Å²) in [4.78, 5) is 12.7. The van der Waals surface area contributed by atoms with Gasteiger partial charge in [0, 0.05) is 29.7 Å². The first kappa shape index (κ1) is 28.1. The second kappa shape index (κ2) is 12.2. The van der Waals surface area contributed by atoms with Crippen molar-refractivity contribution >= 4 is 49.2 Å². The van der Waals surface area contributed by atoms with E-state index in [0.717, 1.165) is 9.87 Å². The molecule has 0 saturated heterocycles. The van der Waals surface area contributed by atoms with Gasteiger partial charge in [-0.05, 0) is 55.0 Å². The minimum atomic E-state index is -4.08. The van der Waals surface area contributed by atoms with Crippen molar-refractivity contribution in [3.8, 4) is 0 Å². The molecule has 12 heteroatoms. The summed E-state index contributed by atoms with van der Waals surface area (Å²) in [5, 5.41) is 3.29. The van der Waals surface area contributed by atoms with E-state index >= 15 is 0 Å². The predicted octanol–water partition coefficient (Wildman–Crippen LogP) is 3.59. The molecule has 0 fully saturated rings. The Kier molecular flexibility index (Phi) is 9.51. The van der Waals surface area contributed by atoms with Gasteiger partial charge >= 0.3 is 0 Å². The molecule has 0 aromatic heterocycles. The number of rotatable bonds is 11. The van der Waals surface area contributed by atoms with Crippen LogP contribution in [0.5, 0.6) is 0 Å². The maximum Gasteiger partial charge on any atom is 0.243 e. The Labute approximate surface area is 221 Å². The van der Waals surface area contributed by atoms with Crippen molar-refractivity contribution in [1.29, 1.82) is 0 Å². The predicted molar refractivity (Wildman–Crippen MR) is 140 cm³/mol. The summed E-state index contributed by atoms with van der Waals surface area (Å²) in [6, 6.07) is 18.7. The third kappa shape index (κ3) is 7.52. The molecule has 8 nitrogen and oxygen atoms in total. The summed E-state index contributed by atoms with van der Waals surface area (Å²) in [5.41, 5.74) is 1.45. The van der Waals surface area contributed by atoms with Crippen LogP contribution in [-0.4, -0.2) is 46.7 Å². The molecule has 0 radical (unpaired) electrons. The van der Waals surface area contributed by atoms with Crippen molar-refractivity contribution in [2.75, 3.05) is 19.6 Å². The van der Waals surface area contributed by atoms with Crippen LogP contribution in [0.15, 0.2) is 82.6 Å². The molecule has 3 aromatic carbocycles. The maximum absolute atomic E-state index is 13.3. The Morgan fingerprint density at radius 1 is 0.833 bits per heavy atom. The second-order valence-corrected chi connectivity index (χ2v) is 12.4. The van der Waals surface area contributed by atoms with Crippen molar-refractivity contribution in [2.45, 2.75) is 23.3 Å². The number of nitrogens with zero attached hydrogens (tertiary/aromatic N) is 1. The van der Waals surface area contributed by atoms with Crippen LogP contribution in [0.4, 0.5) is 0 Å². The van der Waals surface area contributed by atoms with Crippen LogP contribution in [0.1, 0.15) is 11.1 Å². The lowest BCUT2D eigenvalue weighted by atomic mass is 10.2. The average Bonchev–Trinajstić information content (AvgIpc) is 2.83. The number of benzene rings is 3. The Balaban J connectivity index is 1.67. The lowest BCUT2D eigenvalue weighted by Gasteiger charge is -2.22. The van der Waals surface area contributed by atoms with Gasteiger partial charge in [0.05, 0.1) is 16.3 Å². The van der Waals surface area contributed by atoms with E-state index < -0.39 is 32.5 Å². The maximum atomic E-state index is 13.3. The number of aryl methyl sites for hydroxylation is 1. The van der Waals surface area contributed by atoms with Crippen LogP contribution in [-0.2, 0) is 31.4 Å². The van der Waals surface area contributed by atoms with Crippen molar-refractivity contribution in [3.63, 3.8) is 0 Å². The normalized spacial score (nSPS) is 12.0. The number of hydrogen-bond acceptors (Lipinski definition) is 5. The molecule has 0 unspecified atom stereocenters. The Hall–Kier alpha value is -2.47. The van der Waals surface area contributed by atoms with E-state index in [0.29, 0.717) is 15.6 Å². The fraction of sp³-hybridized carbons (Fsp3) is 0.208. The molecule has 0 heterocycles. The lowest BCUT2D eigenvalue weighted by molar-refractivity contribution is -0.121. The van der Waals surface area contributed by atoms with Crippen LogP contribution in [0.3, 0.4) is 0 Å². The quantitative estimate of drug-likeness (QED) is 0.343. The zero-order valence-corrected chi connectivity index (χ0v) is 22.5. The molecule has 1 amide bonds. The standard InChI is InChI=1S/C24H25Cl2N3O5S2/c1-18-6-10-21(11-7-18)35(31,32)28-15-14-27-24(30)17-29(16-19-4-2-3-5-23(19)26)36(33,34)22-12-8-20(25)9-13-22/h2-13,28H,14-17H2,1H3,(H,27,30). The molecule has 0 aliphatic heterocycles. The van der Waals surface area contributed by atoms with Crippen molar-refractivity contribution < 1.29 is 21.6 Å². The summed E-state index contributed by atoms with van der Waals surface area (Å²) in [6.45, 7) is 1.10. The number of hydrogen-bond donors (Lipinski definition) is 2. The number of sulfonamides is 2. The van der Waals surface area contributed by atoms with Crippen LogP contribution in [0.2, 0.25) is 10.0 Å². The van der Waals surface area contributed by atoms with Gasteiger partial charge < -0.3 is 5.32 Å². The summed E-state index contributed by atoms with van der Waals surface area (Å²) in [5.74, 6) is -0.603. The summed E-state index contributed by atoms with van der Waals surface area (Å²) in [6.07, 6.45) is 0. The third-order valence-corrected chi connectivity index (χ3v) is 9.05. The monoisotopic (exact) mass is 569 g/mol. The molecule has 0 spiro atoms. The van der Waals surface area contributed by atoms with Crippen LogP contribution in [0.25, 0.3) is 0 Å². The first-order valence-electron chi connectivity index (χ1n) is 10.8. The number of nitrogens with one attached hydrogen (secondary N) is 2. The molecule has 0 atom stereocenters. The van der Waals surface area contributed by atoms with Gasteiger partial charge in [-0.2, -0.15) is 4.31 Å². The molecule has 0 aliphatic rings. The van der Waals surface area contributed by atoms with Crippen LogP contribution in [0, 0.1) is 6.92 Å². The SMILES string of the molecule is Cc1ccc(S(=O)(=O)NCCNC(=O)CN(Cc2ccccc2Cl)S(=O)(=O)c2ccc(Cl)cc2)cc1. The highest BCUT2D eigenvalue weighted by molar-refractivity contribution is 7.89. The van der Waals surface area contributed by atoms with Gasteiger partial charge in [0.25, 0.3) is 0 Å². The van der Waals surface area contributed by atoms with Crippen LogP contribution < -0.4 is 10.0 Å². The van der Waals surface area contributed by atoms with E-state index in [2.05, 4.69) is 10.0 Å². The fourth-order valence-electron chi connectivity index (χ4n) is 3.20. The zero-order chi connectivity index (χ0) is 26.3. The zero-order valence-electron chi connectivity index (χ0n) is 19.3. The molecule has 192 valence electrons. The van der Waals surface area contributed by atoms with Gasteiger partial charge in [0.2, 0.25) is 26.0 Å². The Morgan fingerprint density at radius 2 is 1.44 bits per heavy atom. The highest BCUT2D eigenvalue weighted by atomic mass is 35.5. The molecular formula is C24H25Cl2N3O5S2. The lowest BCUT2D eigenvalue weighted by Crippen LogP contribution is -2.42. The van der Waals surface area contributed by atoms with Gasteiger partial charge in [0.1, 0.15) is 0 Å². The molecule has 0 aliphatic carbocycles. The van der Waals surface area contributed by atoms with Crippen molar-refractivity contribution in [3.05, 3.63) is 94.0 Å². The highest BCUT2D eigenvalue weighted by Gasteiger charge is 2.27. The first-order chi connectivity index (χ1) is 17.0. The van der Waals surface area contributed by atoms with Gasteiger partial charge in [0.15, 0.2) is 0 Å². The Morgan fingerprint density at radius 3 is 2.08 bits per heavy atom. The van der Waals surface area contributed by atoms with Crippen molar-refractivity contribution in [2.24, 2.45) is 0 Å². The first-order valence-corrected chi connectivity index (χ1v) is 14.5. The minimum absolute atomic E-state index is 0.0300. The van der Waals surface area contributed by atoms with E-state index in [1.165, 1.54) is 36.4 Å². The number of halogens is 2. The molecule has 3 rings (SSSR count). The van der Waals surface area contributed by atoms with E-state index in [9.17, 15) is 21.6 Å². The fourth-order valence-corrected chi connectivity index (χ4v) is 5.93. The number of carbonyl (C=O) groups is 1. The molecule has 2 N–H and O–H groups in total. The second-order valence-electron chi connectivity index (χ2n) is 7.88. The summed E-state index contributed by atoms with van der Waals surface area (Å²) < 4.78 is 54.8. The van der Waals surface area contributed by atoms with Gasteiger partial charge in [-0.1, -0.05) is 59.1 Å². The molecule has 36 heavy (non-hydrogen) atoms. The molecule has 0 bridgehead atoms. The smallest absolute Gasteiger partial charge is 0.243 e. The minimum Gasteiger partial charge on any atom is -0.354 e. The van der Waals surface area contributed by atoms with Crippen LogP contribution >= 0.6 is 23.2 Å². The molecule has 0 saturated carbocycles. The largest absolute Gasteiger partial charge is 0.354 e. The van der Waals surface area contributed by atoms with Crippen molar-refractivity contribution in [1.82, 2.24) is 14.3 Å². The average molecular weight is 571 g/mol. The van der Waals surface area contributed by atoms with E-state index in [1.807, 2.05) is 6.92 Å². The topological polar surface area (TPSA) is 113 Å². The van der Waals surface area contributed by atoms with Gasteiger partial charge in [-0.25, -0.2) is 21.6 Å². The summed E-state index contributed by atoms with van der Waals surface area (Å²) in [7, 11) is -7.82. The van der Waals surface area contributed by atoms with Gasteiger partial charge in [-0.15, -0.1) is 0 Å². The van der Waals surface area contributed by atoms with E-state index in [4.69, 9.17) is 23.2 Å². The number of carbonyl (C=O) groups excluding carboxylic acids is 1. The Bertz CT molecular complexity index is 1410. The van der Waals surface area contributed by atoms with E-state index in [-0.39, 0.29) is 29.4 Å². The molecular weight excluding hydrogens is 545 g/mol. The summed E-state index contributed by atoms with van der Waals surface area (Å²) >= 11 is 12.1.